The molecular weight excluding hydrogens is 781 g/mol. The van der Waals surface area contributed by atoms with Gasteiger partial charge in [-0.25, -0.2) is 0 Å². The van der Waals surface area contributed by atoms with Crippen molar-refractivity contribution in [3.05, 3.63) is 24.3 Å². The van der Waals surface area contributed by atoms with E-state index in [1.54, 1.807) is 0 Å². The lowest BCUT2D eigenvalue weighted by Gasteiger charge is -2.18. The van der Waals surface area contributed by atoms with E-state index in [9.17, 15) is 14.4 Å². The number of hydrogen-bond donors (Lipinski definition) is 0. The van der Waals surface area contributed by atoms with Gasteiger partial charge in [0.25, 0.3) is 0 Å². The second-order valence-corrected chi connectivity index (χ2v) is 18.8. The highest BCUT2D eigenvalue weighted by atomic mass is 16.6. The Hall–Kier alpha value is -2.11. The molecule has 0 radical (unpaired) electrons. The SMILES string of the molecule is CCCC/C=C\CCCCCCCC(=O)OC[C@H](COC(=O)CCCCCCCCCCCCCCCCCCCCC)OC(=O)CCCCCCCCC/C=C\CCCCCC. The molecule has 0 saturated carbocycles. The van der Waals surface area contributed by atoms with Crippen molar-refractivity contribution in [2.24, 2.45) is 0 Å². The van der Waals surface area contributed by atoms with Crippen molar-refractivity contribution in [3.63, 3.8) is 0 Å². The molecule has 0 aromatic heterocycles. The molecule has 0 unspecified atom stereocenters. The molecule has 0 spiro atoms. The van der Waals surface area contributed by atoms with Crippen molar-refractivity contribution in [3.8, 4) is 0 Å². The number of rotatable bonds is 51. The minimum Gasteiger partial charge on any atom is -0.462 e. The Kier molecular flexibility index (Phi) is 50.8. The van der Waals surface area contributed by atoms with Crippen molar-refractivity contribution in [1.82, 2.24) is 0 Å². The van der Waals surface area contributed by atoms with Crippen LogP contribution in [0, 0.1) is 0 Å². The van der Waals surface area contributed by atoms with Crippen LogP contribution in [0.15, 0.2) is 24.3 Å². The van der Waals surface area contributed by atoms with E-state index in [1.165, 1.54) is 199 Å². The van der Waals surface area contributed by atoms with Crippen LogP contribution < -0.4 is 0 Å². The van der Waals surface area contributed by atoms with Gasteiger partial charge in [-0.05, 0) is 64.2 Å². The van der Waals surface area contributed by atoms with Crippen LogP contribution in [0.1, 0.15) is 303 Å². The van der Waals surface area contributed by atoms with Gasteiger partial charge in [-0.2, -0.15) is 0 Å². The standard InChI is InChI=1S/C57H106O6/c1-4-7-10-13-16-19-22-24-26-27-28-29-31-32-35-38-41-44-47-50-56(59)62-53-54(52-61-55(58)49-46-43-40-37-34-21-18-15-12-9-6-3)63-57(60)51-48-45-42-39-36-33-30-25-23-20-17-14-11-8-5-2/h15,18,20,23,54H,4-14,16-17,19,21-22,24-53H2,1-3H3/b18-15-,23-20-/t54-/m1/s1. The van der Waals surface area contributed by atoms with Crippen LogP contribution in [-0.4, -0.2) is 37.2 Å². The summed E-state index contributed by atoms with van der Waals surface area (Å²) < 4.78 is 16.8. The summed E-state index contributed by atoms with van der Waals surface area (Å²) in [6.07, 6.45) is 60.2. The van der Waals surface area contributed by atoms with Crippen LogP contribution >= 0.6 is 0 Å². The summed E-state index contributed by atoms with van der Waals surface area (Å²) in [6.45, 7) is 6.62. The zero-order valence-corrected chi connectivity index (χ0v) is 42.4. The first-order valence-corrected chi connectivity index (χ1v) is 27.8. The van der Waals surface area contributed by atoms with Gasteiger partial charge in [-0.3, -0.25) is 14.4 Å². The minimum absolute atomic E-state index is 0.0715. The number of carbonyl (C=O) groups is 3. The van der Waals surface area contributed by atoms with Crippen molar-refractivity contribution < 1.29 is 28.6 Å². The van der Waals surface area contributed by atoms with E-state index >= 15 is 0 Å². The highest BCUT2D eigenvalue weighted by Crippen LogP contribution is 2.17. The average molecular weight is 887 g/mol. The largest absolute Gasteiger partial charge is 0.462 e. The second kappa shape index (κ2) is 52.5. The van der Waals surface area contributed by atoms with Gasteiger partial charge in [0.15, 0.2) is 6.10 Å². The van der Waals surface area contributed by atoms with Crippen molar-refractivity contribution in [2.75, 3.05) is 13.2 Å². The Bertz CT molecular complexity index is 1020. The molecule has 0 amide bonds. The molecule has 0 aliphatic heterocycles. The molecule has 1 atom stereocenters. The fraction of sp³-hybridized carbons (Fsp3) is 0.877. The highest BCUT2D eigenvalue weighted by Gasteiger charge is 2.19. The summed E-state index contributed by atoms with van der Waals surface area (Å²) in [5, 5.41) is 0. The molecule has 0 aromatic rings. The van der Waals surface area contributed by atoms with Crippen LogP contribution in [-0.2, 0) is 28.6 Å². The van der Waals surface area contributed by atoms with E-state index < -0.39 is 6.10 Å². The molecule has 63 heavy (non-hydrogen) atoms. The number of ether oxygens (including phenoxy) is 3. The average Bonchev–Trinajstić information content (AvgIpc) is 3.28. The Morgan fingerprint density at radius 3 is 0.857 bits per heavy atom. The summed E-state index contributed by atoms with van der Waals surface area (Å²) in [5.74, 6) is -0.870. The smallest absolute Gasteiger partial charge is 0.306 e. The van der Waals surface area contributed by atoms with Crippen LogP contribution in [0.2, 0.25) is 0 Å². The van der Waals surface area contributed by atoms with E-state index in [0.29, 0.717) is 19.3 Å². The third-order valence-electron chi connectivity index (χ3n) is 12.4. The molecule has 0 bridgehead atoms. The Morgan fingerprint density at radius 2 is 0.540 bits per heavy atom. The van der Waals surface area contributed by atoms with Crippen LogP contribution in [0.3, 0.4) is 0 Å². The van der Waals surface area contributed by atoms with Gasteiger partial charge >= 0.3 is 17.9 Å². The van der Waals surface area contributed by atoms with Gasteiger partial charge < -0.3 is 14.2 Å². The van der Waals surface area contributed by atoms with Crippen molar-refractivity contribution in [2.45, 2.75) is 309 Å². The lowest BCUT2D eigenvalue weighted by atomic mass is 10.0. The number of carbonyl (C=O) groups excluding carboxylic acids is 3. The summed E-state index contributed by atoms with van der Waals surface area (Å²) in [5.41, 5.74) is 0. The summed E-state index contributed by atoms with van der Waals surface area (Å²) in [4.78, 5) is 38.0. The molecule has 0 heterocycles. The van der Waals surface area contributed by atoms with E-state index in [1.807, 2.05) is 0 Å². The molecule has 0 rings (SSSR count). The lowest BCUT2D eigenvalue weighted by molar-refractivity contribution is -0.167. The van der Waals surface area contributed by atoms with Gasteiger partial charge in [0.05, 0.1) is 0 Å². The molecular formula is C57H106O6. The molecule has 0 saturated heterocycles. The first-order chi connectivity index (χ1) is 31.0. The van der Waals surface area contributed by atoms with Gasteiger partial charge in [0.1, 0.15) is 13.2 Å². The third-order valence-corrected chi connectivity index (χ3v) is 12.4. The third kappa shape index (κ3) is 50.7. The molecule has 0 N–H and O–H groups in total. The zero-order valence-electron chi connectivity index (χ0n) is 42.4. The number of hydrogen-bond acceptors (Lipinski definition) is 6. The fourth-order valence-corrected chi connectivity index (χ4v) is 8.18. The molecule has 0 aliphatic carbocycles. The first-order valence-electron chi connectivity index (χ1n) is 27.8. The molecule has 0 aromatic carbocycles. The summed E-state index contributed by atoms with van der Waals surface area (Å²) in [6, 6.07) is 0. The van der Waals surface area contributed by atoms with Gasteiger partial charge in [-0.15, -0.1) is 0 Å². The second-order valence-electron chi connectivity index (χ2n) is 18.8. The topological polar surface area (TPSA) is 78.9 Å². The Balaban J connectivity index is 4.28. The zero-order chi connectivity index (χ0) is 45.8. The maximum Gasteiger partial charge on any atom is 0.306 e. The first kappa shape index (κ1) is 60.9. The molecule has 0 aliphatic rings. The highest BCUT2D eigenvalue weighted by molar-refractivity contribution is 5.71. The molecule has 370 valence electrons. The lowest BCUT2D eigenvalue weighted by Crippen LogP contribution is -2.30. The minimum atomic E-state index is -0.772. The number of unbranched alkanes of at least 4 members (excludes halogenated alkanes) is 36. The van der Waals surface area contributed by atoms with E-state index in [-0.39, 0.29) is 31.1 Å². The van der Waals surface area contributed by atoms with Crippen LogP contribution in [0.4, 0.5) is 0 Å². The quantitative estimate of drug-likeness (QED) is 0.0262. The molecule has 6 heteroatoms. The van der Waals surface area contributed by atoms with Crippen LogP contribution in [0.5, 0.6) is 0 Å². The molecule has 0 fully saturated rings. The summed E-state index contributed by atoms with van der Waals surface area (Å²) >= 11 is 0. The van der Waals surface area contributed by atoms with Crippen molar-refractivity contribution in [1.29, 1.82) is 0 Å². The predicted molar refractivity (Wildman–Crippen MR) is 270 cm³/mol. The number of allylic oxidation sites excluding steroid dienone is 4. The van der Waals surface area contributed by atoms with Crippen LogP contribution in [0.25, 0.3) is 0 Å². The normalized spacial score (nSPS) is 12.1. The van der Waals surface area contributed by atoms with Gasteiger partial charge in [-0.1, -0.05) is 244 Å². The van der Waals surface area contributed by atoms with Gasteiger partial charge in [0, 0.05) is 19.3 Å². The summed E-state index contributed by atoms with van der Waals surface area (Å²) in [7, 11) is 0. The number of esters is 3. The van der Waals surface area contributed by atoms with Crippen molar-refractivity contribution >= 4 is 17.9 Å². The molecule has 6 nitrogen and oxygen atoms in total. The monoisotopic (exact) mass is 887 g/mol. The Labute approximate surface area is 392 Å². The predicted octanol–water partition coefficient (Wildman–Crippen LogP) is 18.3. The van der Waals surface area contributed by atoms with Gasteiger partial charge in [0.2, 0.25) is 0 Å². The Morgan fingerprint density at radius 1 is 0.302 bits per heavy atom. The van der Waals surface area contributed by atoms with E-state index in [2.05, 4.69) is 45.1 Å². The van der Waals surface area contributed by atoms with E-state index in [0.717, 1.165) is 64.2 Å². The maximum absolute atomic E-state index is 12.8. The maximum atomic E-state index is 12.8. The fourth-order valence-electron chi connectivity index (χ4n) is 8.18. The van der Waals surface area contributed by atoms with E-state index in [4.69, 9.17) is 14.2 Å².